The van der Waals surface area contributed by atoms with Crippen molar-refractivity contribution in [3.8, 4) is 0 Å². The van der Waals surface area contributed by atoms with Crippen molar-refractivity contribution in [1.29, 1.82) is 0 Å². The average molecular weight is 314 g/mol. The Bertz CT molecular complexity index is 512. The van der Waals surface area contributed by atoms with E-state index in [-0.39, 0.29) is 12.5 Å². The minimum Gasteiger partial charge on any atom is -0.480 e. The summed E-state index contributed by atoms with van der Waals surface area (Å²) < 4.78 is -0.533. The van der Waals surface area contributed by atoms with E-state index in [1.54, 1.807) is 36.0 Å². The molecule has 4 nitrogen and oxygen atoms in total. The highest BCUT2D eigenvalue weighted by atomic mass is 35.5. The number of carboxylic acid groups (broad SMARTS) is 1. The smallest absolute Gasteiger partial charge is 0.323 e. The molecule has 1 fully saturated rings. The van der Waals surface area contributed by atoms with E-state index in [2.05, 4.69) is 0 Å². The Labute approximate surface area is 127 Å². The summed E-state index contributed by atoms with van der Waals surface area (Å²) in [7, 11) is 0. The predicted molar refractivity (Wildman–Crippen MR) is 81.5 cm³/mol. The SMILES string of the molecule is CC1(C(=O)N(CC(=O)O)c2ccc(Cl)cc2)CCCS1. The molecule has 0 aliphatic carbocycles. The lowest BCUT2D eigenvalue weighted by molar-refractivity contribution is -0.136. The molecule has 1 aromatic rings. The van der Waals surface area contributed by atoms with Crippen molar-refractivity contribution in [2.45, 2.75) is 24.5 Å². The fourth-order valence-electron chi connectivity index (χ4n) is 2.27. The number of rotatable bonds is 4. The zero-order chi connectivity index (χ0) is 14.8. The Morgan fingerprint density at radius 3 is 2.55 bits per heavy atom. The Morgan fingerprint density at radius 1 is 1.40 bits per heavy atom. The monoisotopic (exact) mass is 313 g/mol. The molecule has 1 aliphatic rings. The Hall–Kier alpha value is -1.20. The summed E-state index contributed by atoms with van der Waals surface area (Å²) in [5.41, 5.74) is 0.565. The molecular formula is C14H16ClNO3S. The normalized spacial score (nSPS) is 21.7. The van der Waals surface area contributed by atoms with Gasteiger partial charge >= 0.3 is 5.97 Å². The van der Waals surface area contributed by atoms with Crippen LogP contribution in [0.15, 0.2) is 24.3 Å². The van der Waals surface area contributed by atoms with Crippen LogP contribution in [-0.4, -0.2) is 34.0 Å². The standard InChI is InChI=1S/C14H16ClNO3S/c1-14(7-2-8-20-14)13(19)16(9-12(17)18)11-5-3-10(15)4-6-11/h3-6H,2,7-9H2,1H3,(H,17,18). The Kier molecular flexibility index (Phi) is 4.60. The number of carbonyl (C=O) groups excluding carboxylic acids is 1. The molecule has 20 heavy (non-hydrogen) atoms. The van der Waals surface area contributed by atoms with E-state index in [0.717, 1.165) is 18.6 Å². The first-order valence-electron chi connectivity index (χ1n) is 6.36. The van der Waals surface area contributed by atoms with Crippen molar-refractivity contribution in [2.24, 2.45) is 0 Å². The van der Waals surface area contributed by atoms with Gasteiger partial charge in [0.05, 0.1) is 4.75 Å². The van der Waals surface area contributed by atoms with Crippen LogP contribution in [0, 0.1) is 0 Å². The molecule has 0 saturated carbocycles. The molecule has 0 aromatic heterocycles. The summed E-state index contributed by atoms with van der Waals surface area (Å²) in [5, 5.41) is 9.60. The van der Waals surface area contributed by atoms with Crippen LogP contribution in [0.1, 0.15) is 19.8 Å². The van der Waals surface area contributed by atoms with Crippen LogP contribution in [0.5, 0.6) is 0 Å². The maximum atomic E-state index is 12.7. The topological polar surface area (TPSA) is 57.6 Å². The number of anilines is 1. The van der Waals surface area contributed by atoms with E-state index >= 15 is 0 Å². The van der Waals surface area contributed by atoms with E-state index in [9.17, 15) is 9.59 Å². The highest BCUT2D eigenvalue weighted by Crippen LogP contribution is 2.40. The predicted octanol–water partition coefficient (Wildman–Crippen LogP) is 3.04. The van der Waals surface area contributed by atoms with Gasteiger partial charge in [-0.05, 0) is 49.8 Å². The lowest BCUT2D eigenvalue weighted by atomic mass is 10.0. The summed E-state index contributed by atoms with van der Waals surface area (Å²) in [6.07, 6.45) is 1.76. The number of benzene rings is 1. The highest BCUT2D eigenvalue weighted by molar-refractivity contribution is 8.01. The molecule has 1 unspecified atom stereocenters. The molecule has 1 atom stereocenters. The van der Waals surface area contributed by atoms with E-state index < -0.39 is 10.7 Å². The molecule has 0 radical (unpaired) electrons. The summed E-state index contributed by atoms with van der Waals surface area (Å²) in [4.78, 5) is 25.1. The van der Waals surface area contributed by atoms with Crippen molar-refractivity contribution >= 4 is 40.9 Å². The molecule has 6 heteroatoms. The molecular weight excluding hydrogens is 298 g/mol. The van der Waals surface area contributed by atoms with Gasteiger partial charge in [0.2, 0.25) is 5.91 Å². The molecule has 1 aliphatic heterocycles. The second kappa shape index (κ2) is 6.06. The molecule has 0 bridgehead atoms. The van der Waals surface area contributed by atoms with Gasteiger partial charge in [0.1, 0.15) is 6.54 Å². The van der Waals surface area contributed by atoms with E-state index in [1.807, 2.05) is 6.92 Å². The lowest BCUT2D eigenvalue weighted by Crippen LogP contribution is -2.46. The van der Waals surface area contributed by atoms with Gasteiger partial charge < -0.3 is 10.0 Å². The van der Waals surface area contributed by atoms with Gasteiger partial charge in [-0.2, -0.15) is 0 Å². The highest BCUT2D eigenvalue weighted by Gasteiger charge is 2.41. The van der Waals surface area contributed by atoms with Crippen molar-refractivity contribution in [3.63, 3.8) is 0 Å². The molecule has 1 heterocycles. The first kappa shape index (κ1) is 15.2. The van der Waals surface area contributed by atoms with Gasteiger partial charge in [0.25, 0.3) is 0 Å². The van der Waals surface area contributed by atoms with Crippen molar-refractivity contribution in [2.75, 3.05) is 17.2 Å². The molecule has 1 N–H and O–H groups in total. The Balaban J connectivity index is 2.29. The van der Waals surface area contributed by atoms with Crippen LogP contribution < -0.4 is 4.90 Å². The maximum absolute atomic E-state index is 12.7. The van der Waals surface area contributed by atoms with Crippen LogP contribution in [0.25, 0.3) is 0 Å². The van der Waals surface area contributed by atoms with E-state index in [0.29, 0.717) is 10.7 Å². The quantitative estimate of drug-likeness (QED) is 0.928. The molecule has 1 amide bonds. The minimum atomic E-state index is -1.03. The first-order chi connectivity index (χ1) is 9.42. The van der Waals surface area contributed by atoms with E-state index in [1.165, 1.54) is 4.90 Å². The van der Waals surface area contributed by atoms with Crippen molar-refractivity contribution in [1.82, 2.24) is 0 Å². The number of nitrogens with zero attached hydrogens (tertiary/aromatic N) is 1. The molecule has 2 rings (SSSR count). The number of carboxylic acids is 1. The summed E-state index contributed by atoms with van der Waals surface area (Å²) in [6.45, 7) is 1.55. The van der Waals surface area contributed by atoms with Gasteiger partial charge in [0.15, 0.2) is 0 Å². The maximum Gasteiger partial charge on any atom is 0.323 e. The summed E-state index contributed by atoms with van der Waals surface area (Å²) >= 11 is 7.43. The minimum absolute atomic E-state index is 0.148. The van der Waals surface area contributed by atoms with Gasteiger partial charge in [0, 0.05) is 10.7 Å². The third-order valence-electron chi connectivity index (χ3n) is 3.35. The largest absolute Gasteiger partial charge is 0.480 e. The number of hydrogen-bond acceptors (Lipinski definition) is 3. The second-order valence-corrected chi connectivity index (χ2v) is 6.98. The zero-order valence-electron chi connectivity index (χ0n) is 11.1. The van der Waals surface area contributed by atoms with Gasteiger partial charge in [-0.3, -0.25) is 9.59 Å². The van der Waals surface area contributed by atoms with Gasteiger partial charge in [-0.1, -0.05) is 11.6 Å². The molecule has 1 saturated heterocycles. The average Bonchev–Trinajstić information content (AvgIpc) is 2.84. The number of aliphatic carboxylic acids is 1. The fraction of sp³-hybridized carbons (Fsp3) is 0.429. The van der Waals surface area contributed by atoms with Crippen LogP contribution in [-0.2, 0) is 9.59 Å². The van der Waals surface area contributed by atoms with E-state index in [4.69, 9.17) is 16.7 Å². The van der Waals surface area contributed by atoms with Gasteiger partial charge in [-0.15, -0.1) is 11.8 Å². The number of hydrogen-bond donors (Lipinski definition) is 1. The molecule has 0 spiro atoms. The van der Waals surface area contributed by atoms with Crippen LogP contribution in [0.2, 0.25) is 5.02 Å². The first-order valence-corrected chi connectivity index (χ1v) is 7.72. The number of amides is 1. The number of thioether (sulfide) groups is 1. The third kappa shape index (κ3) is 3.27. The molecule has 1 aromatic carbocycles. The summed E-state index contributed by atoms with van der Waals surface area (Å²) in [5.74, 6) is -0.242. The van der Waals surface area contributed by atoms with Crippen LogP contribution in [0.3, 0.4) is 0 Å². The van der Waals surface area contributed by atoms with Crippen molar-refractivity contribution in [3.05, 3.63) is 29.3 Å². The van der Waals surface area contributed by atoms with Crippen LogP contribution >= 0.6 is 23.4 Å². The Morgan fingerprint density at radius 2 is 2.05 bits per heavy atom. The zero-order valence-corrected chi connectivity index (χ0v) is 12.7. The fourth-order valence-corrected chi connectivity index (χ4v) is 3.66. The lowest BCUT2D eigenvalue weighted by Gasteiger charge is -2.30. The van der Waals surface area contributed by atoms with Crippen LogP contribution in [0.4, 0.5) is 5.69 Å². The molecule has 108 valence electrons. The third-order valence-corrected chi connectivity index (χ3v) is 5.11. The van der Waals surface area contributed by atoms with Crippen molar-refractivity contribution < 1.29 is 14.7 Å². The number of halogens is 1. The second-order valence-electron chi connectivity index (χ2n) is 4.94. The number of carbonyl (C=O) groups is 2. The summed E-state index contributed by atoms with van der Waals surface area (Å²) in [6, 6.07) is 6.66. The van der Waals surface area contributed by atoms with Gasteiger partial charge in [-0.25, -0.2) is 0 Å².